The smallest absolute Gasteiger partial charge is 0.258 e. The van der Waals surface area contributed by atoms with Crippen molar-refractivity contribution in [3.8, 4) is 0 Å². The highest BCUT2D eigenvalue weighted by Crippen LogP contribution is 2.32. The molecule has 0 radical (unpaired) electrons. The topological polar surface area (TPSA) is 38.3 Å². The van der Waals surface area contributed by atoms with E-state index in [2.05, 4.69) is 5.48 Å². The molecule has 2 aromatic carbocycles. The van der Waals surface area contributed by atoms with E-state index in [1.165, 1.54) is 7.11 Å². The number of benzene rings is 2. The van der Waals surface area contributed by atoms with E-state index in [9.17, 15) is 4.79 Å². The van der Waals surface area contributed by atoms with Gasteiger partial charge in [0.15, 0.2) is 0 Å². The predicted molar refractivity (Wildman–Crippen MR) is 74.5 cm³/mol. The van der Waals surface area contributed by atoms with Gasteiger partial charge in [0.1, 0.15) is 0 Å². The molecule has 0 spiro atoms. The number of carbonyl (C=O) groups excluding carboxylic acids is 1. The van der Waals surface area contributed by atoms with Gasteiger partial charge < -0.3 is 0 Å². The first kappa shape index (κ1) is 13.3. The Kier molecular flexibility index (Phi) is 3.97. The van der Waals surface area contributed by atoms with Gasteiger partial charge in [-0.15, -0.1) is 0 Å². The summed E-state index contributed by atoms with van der Waals surface area (Å²) >= 11 is 0. The molecule has 0 aliphatic rings. The van der Waals surface area contributed by atoms with E-state index in [1.807, 2.05) is 67.6 Å². The number of nitrogens with one attached hydrogen (secondary N) is 1. The zero-order valence-corrected chi connectivity index (χ0v) is 11.1. The second-order valence-corrected chi connectivity index (χ2v) is 4.49. The van der Waals surface area contributed by atoms with Crippen molar-refractivity contribution in [2.75, 3.05) is 7.11 Å². The monoisotopic (exact) mass is 255 g/mol. The zero-order valence-electron chi connectivity index (χ0n) is 11.1. The largest absolute Gasteiger partial charge is 0.277 e. The van der Waals surface area contributed by atoms with Gasteiger partial charge >= 0.3 is 0 Å². The maximum Gasteiger partial charge on any atom is 0.258 e. The van der Waals surface area contributed by atoms with Crippen molar-refractivity contribution in [1.82, 2.24) is 5.48 Å². The van der Waals surface area contributed by atoms with E-state index in [0.29, 0.717) is 0 Å². The molecule has 3 heteroatoms. The average molecular weight is 255 g/mol. The third-order valence-corrected chi connectivity index (χ3v) is 3.35. The molecule has 0 saturated heterocycles. The van der Waals surface area contributed by atoms with Crippen LogP contribution in [0.5, 0.6) is 0 Å². The number of amides is 1. The Hall–Kier alpha value is -2.13. The molecule has 0 aromatic heterocycles. The lowest BCUT2D eigenvalue weighted by atomic mass is 9.75. The third kappa shape index (κ3) is 2.51. The standard InChI is InChI=1S/C16H17NO2/c1-16(15(18)17-19-2,13-9-5-3-6-10-13)14-11-7-4-8-12-14/h3-12H,1-2H3,(H,17,18). The van der Waals surface area contributed by atoms with E-state index in [1.54, 1.807) is 0 Å². The Morgan fingerprint density at radius 2 is 1.37 bits per heavy atom. The fraction of sp³-hybridized carbons (Fsp3) is 0.188. The van der Waals surface area contributed by atoms with Gasteiger partial charge in [-0.3, -0.25) is 9.63 Å². The van der Waals surface area contributed by atoms with Crippen molar-refractivity contribution in [3.63, 3.8) is 0 Å². The maximum absolute atomic E-state index is 12.4. The van der Waals surface area contributed by atoms with Gasteiger partial charge in [0.25, 0.3) is 5.91 Å². The molecule has 19 heavy (non-hydrogen) atoms. The summed E-state index contributed by atoms with van der Waals surface area (Å²) < 4.78 is 0. The summed E-state index contributed by atoms with van der Waals surface area (Å²) in [6.07, 6.45) is 0. The molecule has 1 amide bonds. The average Bonchev–Trinajstić information content (AvgIpc) is 2.48. The van der Waals surface area contributed by atoms with Crippen LogP contribution in [0.3, 0.4) is 0 Å². The van der Waals surface area contributed by atoms with Crippen LogP contribution in [0.1, 0.15) is 18.1 Å². The molecule has 2 rings (SSSR count). The Bertz CT molecular complexity index is 498. The third-order valence-electron chi connectivity index (χ3n) is 3.35. The van der Waals surface area contributed by atoms with Crippen molar-refractivity contribution in [2.45, 2.75) is 12.3 Å². The number of hydroxylamine groups is 1. The predicted octanol–water partition coefficient (Wildman–Crippen LogP) is 2.67. The minimum atomic E-state index is -0.779. The second-order valence-electron chi connectivity index (χ2n) is 4.49. The van der Waals surface area contributed by atoms with Crippen LogP contribution < -0.4 is 5.48 Å². The van der Waals surface area contributed by atoms with E-state index in [-0.39, 0.29) is 5.91 Å². The van der Waals surface area contributed by atoms with Crippen LogP contribution in [0.2, 0.25) is 0 Å². The molecular weight excluding hydrogens is 238 g/mol. The molecule has 0 aliphatic carbocycles. The van der Waals surface area contributed by atoms with Crippen LogP contribution in [0.25, 0.3) is 0 Å². The summed E-state index contributed by atoms with van der Waals surface area (Å²) in [4.78, 5) is 17.2. The van der Waals surface area contributed by atoms with Crippen LogP contribution in [0.15, 0.2) is 60.7 Å². The lowest BCUT2D eigenvalue weighted by molar-refractivity contribution is -0.135. The summed E-state index contributed by atoms with van der Waals surface area (Å²) in [6.45, 7) is 1.89. The molecule has 98 valence electrons. The first-order valence-corrected chi connectivity index (χ1v) is 6.14. The molecule has 2 aromatic rings. The molecule has 0 bridgehead atoms. The molecule has 0 fully saturated rings. The van der Waals surface area contributed by atoms with Gasteiger partial charge in [-0.05, 0) is 18.1 Å². The lowest BCUT2D eigenvalue weighted by Crippen LogP contribution is -2.42. The lowest BCUT2D eigenvalue weighted by Gasteiger charge is -2.29. The van der Waals surface area contributed by atoms with Crippen molar-refractivity contribution in [1.29, 1.82) is 0 Å². The zero-order chi connectivity index (χ0) is 13.7. The minimum Gasteiger partial charge on any atom is -0.277 e. The highest BCUT2D eigenvalue weighted by molar-refractivity contribution is 5.90. The molecule has 0 heterocycles. The maximum atomic E-state index is 12.4. The van der Waals surface area contributed by atoms with Crippen LogP contribution >= 0.6 is 0 Å². The van der Waals surface area contributed by atoms with E-state index in [4.69, 9.17) is 4.84 Å². The van der Waals surface area contributed by atoms with Crippen LogP contribution in [-0.4, -0.2) is 13.0 Å². The van der Waals surface area contributed by atoms with Crippen molar-refractivity contribution in [3.05, 3.63) is 71.8 Å². The Labute approximate surface area is 113 Å². The van der Waals surface area contributed by atoms with Gasteiger partial charge in [-0.2, -0.15) is 0 Å². The van der Waals surface area contributed by atoms with E-state index in [0.717, 1.165) is 11.1 Å². The summed E-state index contributed by atoms with van der Waals surface area (Å²) in [5, 5.41) is 0. The van der Waals surface area contributed by atoms with Gasteiger partial charge in [-0.25, -0.2) is 5.48 Å². The summed E-state index contributed by atoms with van der Waals surface area (Å²) in [6, 6.07) is 19.4. The molecule has 0 atom stereocenters. The van der Waals surface area contributed by atoms with Crippen molar-refractivity contribution >= 4 is 5.91 Å². The Morgan fingerprint density at radius 3 is 1.74 bits per heavy atom. The fourth-order valence-corrected chi connectivity index (χ4v) is 2.17. The Morgan fingerprint density at radius 1 is 0.947 bits per heavy atom. The fourth-order valence-electron chi connectivity index (χ4n) is 2.17. The summed E-state index contributed by atoms with van der Waals surface area (Å²) in [5.74, 6) is -0.188. The molecule has 0 aliphatic heterocycles. The normalized spacial score (nSPS) is 11.1. The molecule has 1 N–H and O–H groups in total. The van der Waals surface area contributed by atoms with Gasteiger partial charge in [0, 0.05) is 0 Å². The number of carbonyl (C=O) groups is 1. The highest BCUT2D eigenvalue weighted by atomic mass is 16.6. The van der Waals surface area contributed by atoms with Gasteiger partial charge in [0.2, 0.25) is 0 Å². The summed E-state index contributed by atoms with van der Waals surface area (Å²) in [5.41, 5.74) is 3.52. The molecule has 3 nitrogen and oxygen atoms in total. The van der Waals surface area contributed by atoms with Crippen molar-refractivity contribution in [2.24, 2.45) is 0 Å². The second kappa shape index (κ2) is 5.67. The van der Waals surface area contributed by atoms with Gasteiger partial charge in [-0.1, -0.05) is 60.7 Å². The van der Waals surface area contributed by atoms with Gasteiger partial charge in [0.05, 0.1) is 12.5 Å². The first-order chi connectivity index (χ1) is 9.19. The van der Waals surface area contributed by atoms with Crippen LogP contribution in [0, 0.1) is 0 Å². The van der Waals surface area contributed by atoms with E-state index >= 15 is 0 Å². The quantitative estimate of drug-likeness (QED) is 0.853. The first-order valence-electron chi connectivity index (χ1n) is 6.14. The number of hydrogen-bond donors (Lipinski definition) is 1. The van der Waals surface area contributed by atoms with Crippen molar-refractivity contribution < 1.29 is 9.63 Å². The highest BCUT2D eigenvalue weighted by Gasteiger charge is 2.37. The SMILES string of the molecule is CONC(=O)C(C)(c1ccccc1)c1ccccc1. The molecule has 0 unspecified atom stereocenters. The number of rotatable bonds is 4. The Balaban J connectivity index is 2.54. The summed E-state index contributed by atoms with van der Waals surface area (Å²) in [7, 11) is 1.44. The van der Waals surface area contributed by atoms with Crippen LogP contribution in [0.4, 0.5) is 0 Å². The van der Waals surface area contributed by atoms with E-state index < -0.39 is 5.41 Å². The number of hydrogen-bond acceptors (Lipinski definition) is 2. The van der Waals surface area contributed by atoms with Crippen LogP contribution in [-0.2, 0) is 15.0 Å². The molecule has 0 saturated carbocycles. The minimum absolute atomic E-state index is 0.188. The molecular formula is C16H17NO2.